The second-order valence-corrected chi connectivity index (χ2v) is 19.9. The maximum absolute atomic E-state index is 12.9. The van der Waals surface area contributed by atoms with Gasteiger partial charge in [0.2, 0.25) is 0 Å². The van der Waals surface area contributed by atoms with Gasteiger partial charge in [-0.25, -0.2) is 0 Å². The van der Waals surface area contributed by atoms with Gasteiger partial charge < -0.3 is 14.2 Å². The molecule has 0 radical (unpaired) electrons. The van der Waals surface area contributed by atoms with Crippen LogP contribution in [0.4, 0.5) is 0 Å². The largest absolute Gasteiger partial charge is 0.462 e. The summed E-state index contributed by atoms with van der Waals surface area (Å²) in [4.78, 5) is 38.2. The molecule has 6 nitrogen and oxygen atoms in total. The highest BCUT2D eigenvalue weighted by Crippen LogP contribution is 2.14. The molecule has 0 N–H and O–H groups in total. The summed E-state index contributed by atoms with van der Waals surface area (Å²) >= 11 is 0. The van der Waals surface area contributed by atoms with E-state index in [4.69, 9.17) is 14.2 Å². The summed E-state index contributed by atoms with van der Waals surface area (Å²) in [5.41, 5.74) is 0. The van der Waals surface area contributed by atoms with Crippen LogP contribution in [0.2, 0.25) is 0 Å². The maximum atomic E-state index is 12.9. The number of hydrogen-bond acceptors (Lipinski definition) is 6. The van der Waals surface area contributed by atoms with Crippen molar-refractivity contribution in [2.75, 3.05) is 13.2 Å². The molecule has 0 aromatic carbocycles. The molecular formula is C69H112O6. The Bertz CT molecular complexity index is 1620. The summed E-state index contributed by atoms with van der Waals surface area (Å²) in [6, 6.07) is 0. The normalized spacial score (nSPS) is 13.1. The van der Waals surface area contributed by atoms with E-state index in [1.165, 1.54) is 141 Å². The molecule has 75 heavy (non-hydrogen) atoms. The van der Waals surface area contributed by atoms with Crippen LogP contribution in [-0.2, 0) is 28.6 Å². The highest BCUT2D eigenvalue weighted by atomic mass is 16.6. The van der Waals surface area contributed by atoms with Gasteiger partial charge in [0.1, 0.15) is 13.2 Å². The first-order valence-corrected chi connectivity index (χ1v) is 30.7. The second-order valence-electron chi connectivity index (χ2n) is 19.9. The molecule has 0 aromatic rings. The minimum Gasteiger partial charge on any atom is -0.462 e. The third-order valence-electron chi connectivity index (χ3n) is 12.6. The molecule has 424 valence electrons. The van der Waals surface area contributed by atoms with E-state index in [0.717, 1.165) is 70.6 Å². The molecule has 0 spiro atoms. The van der Waals surface area contributed by atoms with Gasteiger partial charge in [-0.15, -0.1) is 0 Å². The van der Waals surface area contributed by atoms with Crippen LogP contribution >= 0.6 is 0 Å². The molecule has 0 heterocycles. The lowest BCUT2D eigenvalue weighted by Gasteiger charge is -2.18. The lowest BCUT2D eigenvalue weighted by Crippen LogP contribution is -2.30. The number of rotatable bonds is 54. The fourth-order valence-electron chi connectivity index (χ4n) is 7.99. The van der Waals surface area contributed by atoms with Gasteiger partial charge in [0, 0.05) is 19.3 Å². The number of allylic oxidation sites excluding steroid dienone is 22. The Morgan fingerprint density at radius 3 is 0.867 bits per heavy atom. The van der Waals surface area contributed by atoms with Crippen molar-refractivity contribution in [3.63, 3.8) is 0 Å². The van der Waals surface area contributed by atoms with E-state index in [1.54, 1.807) is 0 Å². The maximum Gasteiger partial charge on any atom is 0.306 e. The van der Waals surface area contributed by atoms with Crippen molar-refractivity contribution in [1.82, 2.24) is 0 Å². The Labute approximate surface area is 462 Å². The van der Waals surface area contributed by atoms with Gasteiger partial charge in [-0.1, -0.05) is 257 Å². The van der Waals surface area contributed by atoms with E-state index < -0.39 is 12.1 Å². The smallest absolute Gasteiger partial charge is 0.306 e. The van der Waals surface area contributed by atoms with Crippen LogP contribution in [0.5, 0.6) is 0 Å². The van der Waals surface area contributed by atoms with Crippen molar-refractivity contribution < 1.29 is 28.6 Å². The molecule has 0 rings (SSSR count). The number of hydrogen-bond donors (Lipinski definition) is 0. The summed E-state index contributed by atoms with van der Waals surface area (Å²) in [6.07, 6.45) is 87.5. The van der Waals surface area contributed by atoms with Crippen molar-refractivity contribution in [2.45, 2.75) is 271 Å². The molecule has 0 aliphatic carbocycles. The molecule has 0 aromatic heterocycles. The zero-order valence-electron chi connectivity index (χ0n) is 48.5. The van der Waals surface area contributed by atoms with Gasteiger partial charge in [0.25, 0.3) is 0 Å². The molecule has 0 saturated heterocycles. The van der Waals surface area contributed by atoms with Gasteiger partial charge in [-0.2, -0.15) is 0 Å². The van der Waals surface area contributed by atoms with Crippen molar-refractivity contribution in [1.29, 1.82) is 0 Å². The highest BCUT2D eigenvalue weighted by molar-refractivity contribution is 5.71. The van der Waals surface area contributed by atoms with Crippen molar-refractivity contribution in [3.05, 3.63) is 134 Å². The highest BCUT2D eigenvalue weighted by Gasteiger charge is 2.19. The molecule has 0 aliphatic heterocycles. The number of carbonyl (C=O) groups is 3. The minimum absolute atomic E-state index is 0.135. The van der Waals surface area contributed by atoms with E-state index in [-0.39, 0.29) is 38.0 Å². The van der Waals surface area contributed by atoms with Gasteiger partial charge in [-0.3, -0.25) is 14.4 Å². The molecular weight excluding hydrogens is 925 g/mol. The third kappa shape index (κ3) is 60.3. The summed E-state index contributed by atoms with van der Waals surface area (Å²) in [7, 11) is 0. The first-order chi connectivity index (χ1) is 37.0. The Kier molecular flexibility index (Phi) is 58.4. The molecule has 0 fully saturated rings. The summed E-state index contributed by atoms with van der Waals surface area (Å²) in [5, 5.41) is 0. The van der Waals surface area contributed by atoms with Crippen LogP contribution in [-0.4, -0.2) is 37.2 Å². The Balaban J connectivity index is 4.61. The first kappa shape index (κ1) is 70.5. The number of esters is 3. The van der Waals surface area contributed by atoms with Crippen LogP contribution < -0.4 is 0 Å². The Morgan fingerprint density at radius 1 is 0.267 bits per heavy atom. The van der Waals surface area contributed by atoms with Crippen molar-refractivity contribution >= 4 is 17.9 Å². The van der Waals surface area contributed by atoms with Crippen molar-refractivity contribution in [3.8, 4) is 0 Å². The van der Waals surface area contributed by atoms with Gasteiger partial charge in [0.15, 0.2) is 6.10 Å². The topological polar surface area (TPSA) is 78.9 Å². The van der Waals surface area contributed by atoms with Crippen LogP contribution in [0.1, 0.15) is 265 Å². The third-order valence-corrected chi connectivity index (χ3v) is 12.6. The van der Waals surface area contributed by atoms with E-state index in [0.29, 0.717) is 19.3 Å². The number of carbonyl (C=O) groups excluding carboxylic acids is 3. The fourth-order valence-corrected chi connectivity index (χ4v) is 7.99. The zero-order valence-corrected chi connectivity index (χ0v) is 48.5. The van der Waals surface area contributed by atoms with Crippen LogP contribution in [0.15, 0.2) is 134 Å². The monoisotopic (exact) mass is 1040 g/mol. The van der Waals surface area contributed by atoms with Crippen LogP contribution in [0.3, 0.4) is 0 Å². The first-order valence-electron chi connectivity index (χ1n) is 30.7. The van der Waals surface area contributed by atoms with E-state index in [2.05, 4.69) is 130 Å². The minimum atomic E-state index is -0.854. The molecule has 0 bridgehead atoms. The summed E-state index contributed by atoms with van der Waals surface area (Å²) in [6.45, 7) is 6.46. The number of ether oxygens (including phenoxy) is 3. The van der Waals surface area contributed by atoms with Crippen LogP contribution in [0, 0.1) is 0 Å². The molecule has 0 aliphatic rings. The van der Waals surface area contributed by atoms with E-state index in [1.807, 2.05) is 24.3 Å². The lowest BCUT2D eigenvalue weighted by molar-refractivity contribution is -0.166. The quantitative estimate of drug-likeness (QED) is 0.0261. The van der Waals surface area contributed by atoms with Crippen molar-refractivity contribution in [2.24, 2.45) is 0 Å². The van der Waals surface area contributed by atoms with Gasteiger partial charge in [-0.05, 0) is 122 Å². The van der Waals surface area contributed by atoms with Gasteiger partial charge >= 0.3 is 17.9 Å². The second kappa shape index (κ2) is 62.1. The standard InChI is InChI=1S/C69H112O6/c1-4-7-10-13-16-19-22-25-28-31-34-37-40-43-46-49-52-55-58-61-67(70)73-64-66(75-69(72)63-60-57-54-51-48-45-42-39-36-33-30-27-24-21-18-15-12-9-6-3)65-74-68(71)62-59-56-53-50-47-44-41-38-35-32-29-26-23-20-17-14-11-8-5-2/h16,18-19,21,25-30,34,36-37,39,43,45-46,48,52,54-55,57,66H,4-15,17,20,22-24,31-33,35,38,40-42,44,47,49-51,53,56,58-65H2,1-3H3/b19-16-,21-18-,28-25-,29-26-,30-27-,37-34-,39-36-,46-43-,48-45-,55-52-,57-54-/t66-/m1/s1. The summed E-state index contributed by atoms with van der Waals surface area (Å²) < 4.78 is 16.8. The predicted molar refractivity (Wildman–Crippen MR) is 325 cm³/mol. The molecule has 6 heteroatoms. The van der Waals surface area contributed by atoms with Crippen LogP contribution in [0.25, 0.3) is 0 Å². The fraction of sp³-hybridized carbons (Fsp3) is 0.638. The SMILES string of the molecule is CCCCC/C=C\C/C=C\C/C=C\C/C=C\C/C=C\CCC(=O)OC[C@H](COC(=O)CCCCCCCCCCC/C=C\CCCCCCCC)OC(=O)CC/C=C\C/C=C\C/C=C\C/C=C\C/C=C\CCCCC. The molecule has 1 atom stereocenters. The molecule has 0 unspecified atom stereocenters. The average molecular weight is 1040 g/mol. The molecule has 0 amide bonds. The number of unbranched alkanes of at least 4 members (excludes halogenated alkanes) is 21. The van der Waals surface area contributed by atoms with E-state index >= 15 is 0 Å². The Hall–Kier alpha value is -4.45. The summed E-state index contributed by atoms with van der Waals surface area (Å²) in [5.74, 6) is -1.11. The predicted octanol–water partition coefficient (Wildman–Crippen LogP) is 21.0. The van der Waals surface area contributed by atoms with Gasteiger partial charge in [0.05, 0.1) is 0 Å². The van der Waals surface area contributed by atoms with E-state index in [9.17, 15) is 14.4 Å². The zero-order chi connectivity index (χ0) is 54.3. The molecule has 0 saturated carbocycles. The lowest BCUT2D eigenvalue weighted by atomic mass is 10.1. The average Bonchev–Trinajstić information content (AvgIpc) is 3.41. The Morgan fingerprint density at radius 2 is 0.507 bits per heavy atom.